The average molecular weight is 522 g/mol. The van der Waals surface area contributed by atoms with Crippen molar-refractivity contribution in [2.24, 2.45) is 0 Å². The summed E-state index contributed by atoms with van der Waals surface area (Å²) >= 11 is 5.80. The number of nitrogens with one attached hydrogen (secondary N) is 1. The Labute approximate surface area is 205 Å². The Kier molecular flexibility index (Phi) is 6.55. The molecular formula is C23H16ClF4N5O3. The lowest BCUT2D eigenvalue weighted by Gasteiger charge is -2.14. The molecule has 0 bridgehead atoms. The largest absolute Gasteiger partial charge is 0.477 e. The standard InChI is InChI=1S/C23H16ClF4N5O3/c1-2-32-10-12(7-15(20(32)34)21(35)36)16-9-29-22(30-14-3-4-18(25)17(24)8-14)31-19(16)33-6-5-13(11-33)23(26,27)28/h3-11H,2H2,1H3,(H,35,36)(H,29,30,31). The van der Waals surface area contributed by atoms with E-state index in [-0.39, 0.29) is 34.5 Å². The van der Waals surface area contributed by atoms with Crippen LogP contribution >= 0.6 is 11.6 Å². The number of hydrogen-bond donors (Lipinski definition) is 2. The monoisotopic (exact) mass is 521 g/mol. The second-order valence-electron chi connectivity index (χ2n) is 7.53. The third-order valence-electron chi connectivity index (χ3n) is 5.18. The number of anilines is 2. The molecule has 13 heteroatoms. The van der Waals surface area contributed by atoms with Crippen molar-refractivity contribution < 1.29 is 27.5 Å². The Morgan fingerprint density at radius 1 is 1.19 bits per heavy atom. The van der Waals surface area contributed by atoms with Gasteiger partial charge in [-0.15, -0.1) is 0 Å². The van der Waals surface area contributed by atoms with E-state index in [0.717, 1.165) is 39.7 Å². The van der Waals surface area contributed by atoms with Crippen LogP contribution in [0, 0.1) is 5.82 Å². The van der Waals surface area contributed by atoms with E-state index >= 15 is 0 Å². The molecule has 36 heavy (non-hydrogen) atoms. The molecule has 0 unspecified atom stereocenters. The third-order valence-corrected chi connectivity index (χ3v) is 5.47. The number of aryl methyl sites for hydroxylation is 1. The van der Waals surface area contributed by atoms with Crippen molar-refractivity contribution in [2.45, 2.75) is 19.6 Å². The summed E-state index contributed by atoms with van der Waals surface area (Å²) in [7, 11) is 0. The molecular weight excluding hydrogens is 506 g/mol. The Hall–Kier alpha value is -4.19. The van der Waals surface area contributed by atoms with E-state index in [4.69, 9.17) is 11.6 Å². The first kappa shape index (κ1) is 24.9. The van der Waals surface area contributed by atoms with Gasteiger partial charge in [-0.05, 0) is 37.3 Å². The minimum atomic E-state index is -4.61. The van der Waals surface area contributed by atoms with Gasteiger partial charge < -0.3 is 19.6 Å². The number of hydrogen-bond acceptors (Lipinski definition) is 5. The fourth-order valence-electron chi connectivity index (χ4n) is 3.40. The number of aromatic carboxylic acids is 1. The van der Waals surface area contributed by atoms with Crippen molar-refractivity contribution in [3.63, 3.8) is 0 Å². The van der Waals surface area contributed by atoms with E-state index in [1.54, 1.807) is 6.92 Å². The summed E-state index contributed by atoms with van der Waals surface area (Å²) in [5.74, 6) is -2.19. The second kappa shape index (κ2) is 9.46. The molecule has 4 rings (SSSR count). The van der Waals surface area contributed by atoms with Crippen molar-refractivity contribution in [3.05, 3.63) is 87.4 Å². The molecule has 8 nitrogen and oxygen atoms in total. The summed E-state index contributed by atoms with van der Waals surface area (Å²) in [5.41, 5.74) is -1.52. The van der Waals surface area contributed by atoms with E-state index < -0.39 is 34.6 Å². The fourth-order valence-corrected chi connectivity index (χ4v) is 3.58. The quantitative estimate of drug-likeness (QED) is 0.331. The van der Waals surface area contributed by atoms with E-state index in [2.05, 4.69) is 15.3 Å². The summed E-state index contributed by atoms with van der Waals surface area (Å²) in [6.45, 7) is 1.78. The van der Waals surface area contributed by atoms with Crippen LogP contribution in [0.1, 0.15) is 22.8 Å². The Morgan fingerprint density at radius 2 is 1.94 bits per heavy atom. The number of alkyl halides is 3. The summed E-state index contributed by atoms with van der Waals surface area (Å²) in [6.07, 6.45) is -0.0117. The maximum Gasteiger partial charge on any atom is 0.417 e. The van der Waals surface area contributed by atoms with Crippen LogP contribution in [0.5, 0.6) is 0 Å². The molecule has 0 amide bonds. The highest BCUT2D eigenvalue weighted by Crippen LogP contribution is 2.32. The molecule has 0 aliphatic rings. The summed E-state index contributed by atoms with van der Waals surface area (Å²) in [5, 5.41) is 12.1. The lowest BCUT2D eigenvalue weighted by molar-refractivity contribution is -0.137. The molecule has 0 saturated heterocycles. The Bertz CT molecular complexity index is 1530. The second-order valence-corrected chi connectivity index (χ2v) is 7.94. The van der Waals surface area contributed by atoms with Gasteiger partial charge in [0.2, 0.25) is 5.95 Å². The van der Waals surface area contributed by atoms with Gasteiger partial charge in [-0.1, -0.05) is 11.6 Å². The van der Waals surface area contributed by atoms with Gasteiger partial charge >= 0.3 is 12.1 Å². The third kappa shape index (κ3) is 4.93. The molecule has 0 atom stereocenters. The number of nitrogens with zero attached hydrogens (tertiary/aromatic N) is 4. The van der Waals surface area contributed by atoms with Gasteiger partial charge in [0.05, 0.1) is 10.6 Å². The van der Waals surface area contributed by atoms with Crippen LogP contribution in [0.3, 0.4) is 0 Å². The molecule has 3 heterocycles. The van der Waals surface area contributed by atoms with Crippen LogP contribution in [0.2, 0.25) is 5.02 Å². The normalized spacial score (nSPS) is 11.5. The number of halogens is 5. The van der Waals surface area contributed by atoms with Gasteiger partial charge in [0.15, 0.2) is 0 Å². The lowest BCUT2D eigenvalue weighted by atomic mass is 10.1. The minimum absolute atomic E-state index is 0.0335. The van der Waals surface area contributed by atoms with Crippen LogP contribution in [0.4, 0.5) is 29.2 Å². The molecule has 0 saturated carbocycles. The Morgan fingerprint density at radius 3 is 2.56 bits per heavy atom. The SMILES string of the molecule is CCn1cc(-c2cnc(Nc3ccc(F)c(Cl)c3)nc2-n2ccc(C(F)(F)F)c2)cc(C(=O)O)c1=O. The average Bonchev–Trinajstić information content (AvgIpc) is 3.32. The zero-order valence-electron chi connectivity index (χ0n) is 18.3. The molecule has 0 aliphatic heterocycles. The zero-order chi connectivity index (χ0) is 26.2. The first-order valence-corrected chi connectivity index (χ1v) is 10.7. The first-order valence-electron chi connectivity index (χ1n) is 10.3. The van der Waals surface area contributed by atoms with Crippen LogP contribution in [-0.2, 0) is 12.7 Å². The highest BCUT2D eigenvalue weighted by atomic mass is 35.5. The highest BCUT2D eigenvalue weighted by molar-refractivity contribution is 6.31. The first-order chi connectivity index (χ1) is 17.0. The maximum atomic E-state index is 13.5. The van der Waals surface area contributed by atoms with Gasteiger partial charge in [0.1, 0.15) is 17.2 Å². The number of carboxylic acids is 1. The molecule has 186 valence electrons. The van der Waals surface area contributed by atoms with Crippen molar-refractivity contribution in [1.29, 1.82) is 0 Å². The summed E-state index contributed by atoms with van der Waals surface area (Å²) in [6, 6.07) is 5.73. The summed E-state index contributed by atoms with van der Waals surface area (Å²) in [4.78, 5) is 32.5. The molecule has 1 aromatic carbocycles. The van der Waals surface area contributed by atoms with Gasteiger partial charge in [0.25, 0.3) is 5.56 Å². The van der Waals surface area contributed by atoms with E-state index in [9.17, 15) is 32.3 Å². The van der Waals surface area contributed by atoms with Crippen molar-refractivity contribution in [3.8, 4) is 16.9 Å². The number of rotatable bonds is 6. The molecule has 0 aliphatic carbocycles. The number of carboxylic acid groups (broad SMARTS) is 1. The highest BCUT2D eigenvalue weighted by Gasteiger charge is 2.32. The summed E-state index contributed by atoms with van der Waals surface area (Å²) < 4.78 is 55.5. The molecule has 0 fully saturated rings. The molecule has 2 N–H and O–H groups in total. The molecule has 0 spiro atoms. The number of aromatic nitrogens is 4. The van der Waals surface area contributed by atoms with E-state index in [1.165, 1.54) is 24.5 Å². The van der Waals surface area contributed by atoms with E-state index in [0.29, 0.717) is 5.69 Å². The van der Waals surface area contributed by atoms with Crippen LogP contribution in [-0.4, -0.2) is 30.2 Å². The zero-order valence-corrected chi connectivity index (χ0v) is 19.1. The number of carbonyl (C=O) groups is 1. The number of pyridine rings is 1. The van der Waals surface area contributed by atoms with Crippen molar-refractivity contribution in [1.82, 2.24) is 19.1 Å². The minimum Gasteiger partial charge on any atom is -0.477 e. The van der Waals surface area contributed by atoms with Crippen LogP contribution in [0.25, 0.3) is 16.9 Å². The molecule has 0 radical (unpaired) electrons. The van der Waals surface area contributed by atoms with Crippen LogP contribution in [0.15, 0.2) is 59.9 Å². The van der Waals surface area contributed by atoms with Gasteiger partial charge in [0, 0.05) is 48.1 Å². The van der Waals surface area contributed by atoms with Crippen molar-refractivity contribution in [2.75, 3.05) is 5.32 Å². The van der Waals surface area contributed by atoms with Gasteiger partial charge in [-0.25, -0.2) is 14.2 Å². The predicted octanol–water partition coefficient (Wildman–Crippen LogP) is 5.37. The van der Waals surface area contributed by atoms with Crippen LogP contribution < -0.4 is 10.9 Å². The van der Waals surface area contributed by atoms with E-state index in [1.807, 2.05) is 0 Å². The fraction of sp³-hybridized carbons (Fsp3) is 0.130. The lowest BCUT2D eigenvalue weighted by Crippen LogP contribution is -2.25. The van der Waals surface area contributed by atoms with Crippen molar-refractivity contribution >= 4 is 29.2 Å². The Balaban J connectivity index is 1.89. The molecule has 3 aromatic heterocycles. The maximum absolute atomic E-state index is 13.5. The van der Waals surface area contributed by atoms with Gasteiger partial charge in [-0.3, -0.25) is 4.79 Å². The van der Waals surface area contributed by atoms with Gasteiger partial charge in [-0.2, -0.15) is 18.2 Å². The number of benzene rings is 1. The predicted molar refractivity (Wildman–Crippen MR) is 123 cm³/mol. The smallest absolute Gasteiger partial charge is 0.417 e. The molecule has 4 aromatic rings. The topological polar surface area (TPSA) is 102 Å².